The van der Waals surface area contributed by atoms with Gasteiger partial charge >= 0.3 is 0 Å². The maximum absolute atomic E-state index is 11.9. The van der Waals surface area contributed by atoms with Gasteiger partial charge in [0.05, 0.1) is 0 Å². The van der Waals surface area contributed by atoms with Crippen LogP contribution < -0.4 is 5.54 Å². The molecule has 0 radical (unpaired) electrons. The van der Waals surface area contributed by atoms with E-state index in [1.807, 2.05) is 6.92 Å². The number of nitrogens with one attached hydrogen (secondary N) is 1. The van der Waals surface area contributed by atoms with Crippen molar-refractivity contribution in [3.05, 3.63) is 0 Å². The number of hydrogen-bond donors (Lipinski definition) is 1. The number of hydrogen-bond acceptors (Lipinski definition) is 1. The fourth-order valence-corrected chi connectivity index (χ4v) is 1.07. The van der Waals surface area contributed by atoms with Crippen LogP contribution in [0.4, 0.5) is 4.48 Å². The van der Waals surface area contributed by atoms with Gasteiger partial charge in [-0.25, -0.2) is 0 Å². The Morgan fingerprint density at radius 3 is 2.36 bits per heavy atom. The van der Waals surface area contributed by atoms with E-state index in [2.05, 4.69) is 13.8 Å². The first-order chi connectivity index (χ1) is 5.22. The lowest BCUT2D eigenvalue weighted by Crippen LogP contribution is -2.25. The van der Waals surface area contributed by atoms with Crippen LogP contribution >= 0.6 is 0 Å². The molecule has 0 aliphatic heterocycles. The minimum Gasteiger partial charge on any atom is -0.156 e. The molecular formula is C9H20FN. The van der Waals surface area contributed by atoms with Gasteiger partial charge in [-0.05, 0) is 19.3 Å². The molecule has 0 rings (SSSR count). The summed E-state index contributed by atoms with van der Waals surface area (Å²) < 4.78 is 11.9. The molecule has 68 valence electrons. The van der Waals surface area contributed by atoms with Gasteiger partial charge in [0.1, 0.15) is 0 Å². The zero-order valence-corrected chi connectivity index (χ0v) is 7.86. The minimum atomic E-state index is 0.00635. The summed E-state index contributed by atoms with van der Waals surface area (Å²) in [6, 6.07) is 0.00635. The lowest BCUT2D eigenvalue weighted by atomic mass is 9.97. The summed E-state index contributed by atoms with van der Waals surface area (Å²) in [5.41, 5.74) is 1.79. The van der Waals surface area contributed by atoms with Crippen LogP contribution in [0.15, 0.2) is 0 Å². The molecule has 0 aliphatic carbocycles. The van der Waals surface area contributed by atoms with Crippen molar-refractivity contribution < 1.29 is 4.48 Å². The molecule has 0 heterocycles. The van der Waals surface area contributed by atoms with E-state index in [-0.39, 0.29) is 6.04 Å². The molecule has 0 saturated carbocycles. The molecule has 0 aliphatic rings. The second-order valence-corrected chi connectivity index (χ2v) is 3.37. The third-order valence-electron chi connectivity index (χ3n) is 2.29. The number of rotatable bonds is 6. The quantitative estimate of drug-likeness (QED) is 0.466. The van der Waals surface area contributed by atoms with Crippen LogP contribution in [0.2, 0.25) is 0 Å². The standard InChI is InChI=1S/C9H20FN/c1-4-5-6-7-8(2)9(3)11-10/h8-9,11H,4-7H2,1-3H3. The van der Waals surface area contributed by atoms with Gasteiger partial charge < -0.3 is 0 Å². The molecule has 0 aromatic heterocycles. The molecule has 0 spiro atoms. The van der Waals surface area contributed by atoms with Crippen molar-refractivity contribution in [1.82, 2.24) is 5.54 Å². The van der Waals surface area contributed by atoms with Crippen molar-refractivity contribution in [1.29, 1.82) is 0 Å². The van der Waals surface area contributed by atoms with E-state index in [4.69, 9.17) is 0 Å². The Hall–Kier alpha value is -0.110. The Morgan fingerprint density at radius 2 is 1.91 bits per heavy atom. The molecule has 0 amide bonds. The predicted octanol–water partition coefficient (Wildman–Crippen LogP) is 3.07. The molecule has 0 bridgehead atoms. The van der Waals surface area contributed by atoms with Crippen molar-refractivity contribution in [2.75, 3.05) is 0 Å². The highest BCUT2D eigenvalue weighted by Gasteiger charge is 2.10. The summed E-state index contributed by atoms with van der Waals surface area (Å²) in [5.74, 6) is 0.451. The predicted molar refractivity (Wildman–Crippen MR) is 47.0 cm³/mol. The number of halogens is 1. The SMILES string of the molecule is CCCCCC(C)C(C)NF. The monoisotopic (exact) mass is 161 g/mol. The van der Waals surface area contributed by atoms with Crippen molar-refractivity contribution in [3.8, 4) is 0 Å². The Morgan fingerprint density at radius 1 is 1.27 bits per heavy atom. The zero-order valence-electron chi connectivity index (χ0n) is 7.86. The van der Waals surface area contributed by atoms with E-state index >= 15 is 0 Å². The van der Waals surface area contributed by atoms with Crippen LogP contribution in [0, 0.1) is 5.92 Å². The summed E-state index contributed by atoms with van der Waals surface area (Å²) >= 11 is 0. The molecule has 2 heteroatoms. The minimum absolute atomic E-state index is 0.00635. The lowest BCUT2D eigenvalue weighted by Gasteiger charge is -2.16. The molecule has 0 aromatic carbocycles. The molecule has 1 N–H and O–H groups in total. The lowest BCUT2D eigenvalue weighted by molar-refractivity contribution is 0.224. The van der Waals surface area contributed by atoms with Crippen molar-refractivity contribution in [2.24, 2.45) is 5.92 Å². The van der Waals surface area contributed by atoms with Gasteiger partial charge in [0.15, 0.2) is 0 Å². The van der Waals surface area contributed by atoms with Gasteiger partial charge in [-0.2, -0.15) is 5.54 Å². The molecule has 11 heavy (non-hydrogen) atoms. The van der Waals surface area contributed by atoms with Crippen LogP contribution in [-0.2, 0) is 0 Å². The van der Waals surface area contributed by atoms with E-state index in [9.17, 15) is 4.48 Å². The second kappa shape index (κ2) is 6.59. The average molecular weight is 161 g/mol. The average Bonchev–Trinajstić information content (AvgIpc) is 2.03. The molecule has 1 nitrogen and oxygen atoms in total. The van der Waals surface area contributed by atoms with Gasteiger partial charge in [0, 0.05) is 6.04 Å². The van der Waals surface area contributed by atoms with Crippen LogP contribution in [0.25, 0.3) is 0 Å². The van der Waals surface area contributed by atoms with Crippen molar-refractivity contribution >= 4 is 0 Å². The molecular weight excluding hydrogens is 141 g/mol. The van der Waals surface area contributed by atoms with Gasteiger partial charge in [-0.3, -0.25) is 0 Å². The smallest absolute Gasteiger partial charge is 0.0369 e. The van der Waals surface area contributed by atoms with E-state index in [0.717, 1.165) is 6.42 Å². The highest BCUT2D eigenvalue weighted by Crippen LogP contribution is 2.12. The first-order valence-electron chi connectivity index (χ1n) is 4.58. The Kier molecular flexibility index (Phi) is 6.52. The Balaban J connectivity index is 3.28. The third-order valence-corrected chi connectivity index (χ3v) is 2.29. The first kappa shape index (κ1) is 10.9. The molecule has 0 aromatic rings. The van der Waals surface area contributed by atoms with Gasteiger partial charge in [0.25, 0.3) is 0 Å². The Labute approximate surface area is 69.3 Å². The molecule has 2 unspecified atom stereocenters. The largest absolute Gasteiger partial charge is 0.156 e. The normalized spacial score (nSPS) is 16.4. The molecule has 0 saturated heterocycles. The Bertz CT molecular complexity index is 85.6. The van der Waals surface area contributed by atoms with Gasteiger partial charge in [-0.1, -0.05) is 33.1 Å². The summed E-state index contributed by atoms with van der Waals surface area (Å²) in [4.78, 5) is 0. The van der Waals surface area contributed by atoms with Gasteiger partial charge in [0.2, 0.25) is 0 Å². The van der Waals surface area contributed by atoms with Gasteiger partial charge in [-0.15, -0.1) is 4.48 Å². The fourth-order valence-electron chi connectivity index (χ4n) is 1.07. The van der Waals surface area contributed by atoms with Crippen molar-refractivity contribution in [3.63, 3.8) is 0 Å². The van der Waals surface area contributed by atoms with E-state index < -0.39 is 0 Å². The van der Waals surface area contributed by atoms with Crippen LogP contribution in [0.3, 0.4) is 0 Å². The maximum Gasteiger partial charge on any atom is 0.0369 e. The molecule has 2 atom stereocenters. The summed E-state index contributed by atoms with van der Waals surface area (Å²) in [5, 5.41) is 0. The maximum atomic E-state index is 11.9. The third kappa shape index (κ3) is 5.19. The fraction of sp³-hybridized carbons (Fsp3) is 1.00. The van der Waals surface area contributed by atoms with Crippen LogP contribution in [0.1, 0.15) is 46.5 Å². The summed E-state index contributed by atoms with van der Waals surface area (Å²) in [6.07, 6.45) is 4.86. The van der Waals surface area contributed by atoms with Crippen LogP contribution in [-0.4, -0.2) is 6.04 Å². The first-order valence-corrected chi connectivity index (χ1v) is 4.58. The van der Waals surface area contributed by atoms with Crippen molar-refractivity contribution in [2.45, 2.75) is 52.5 Å². The zero-order chi connectivity index (χ0) is 8.69. The topological polar surface area (TPSA) is 12.0 Å². The molecule has 0 fully saturated rings. The summed E-state index contributed by atoms with van der Waals surface area (Å²) in [6.45, 7) is 6.16. The second-order valence-electron chi connectivity index (χ2n) is 3.37. The van der Waals surface area contributed by atoms with E-state index in [1.54, 1.807) is 5.54 Å². The highest BCUT2D eigenvalue weighted by molar-refractivity contribution is 4.63. The highest BCUT2D eigenvalue weighted by atomic mass is 19.2. The number of unbranched alkanes of at least 4 members (excludes halogenated alkanes) is 2. The summed E-state index contributed by atoms with van der Waals surface area (Å²) in [7, 11) is 0. The van der Waals surface area contributed by atoms with Crippen LogP contribution in [0.5, 0.6) is 0 Å². The van der Waals surface area contributed by atoms with E-state index in [1.165, 1.54) is 19.3 Å². The van der Waals surface area contributed by atoms with E-state index in [0.29, 0.717) is 5.92 Å².